The van der Waals surface area contributed by atoms with Gasteiger partial charge in [0.15, 0.2) is 0 Å². The van der Waals surface area contributed by atoms with Crippen molar-refractivity contribution in [3.8, 4) is 0 Å². The van der Waals surface area contributed by atoms with Gasteiger partial charge in [0.25, 0.3) is 0 Å². The standard InChI is InChI=1S/C18H26O2/c1-12-9-13(2)18(14(3)10-12)16(11-17(19)20)15-7-5-4-6-8-15/h9-10,15-16H,4-8,11H2,1-3H3,(H,19,20). The van der Waals surface area contributed by atoms with Crippen LogP contribution in [0.4, 0.5) is 0 Å². The summed E-state index contributed by atoms with van der Waals surface area (Å²) in [4.78, 5) is 11.3. The number of carbonyl (C=O) groups is 1. The fourth-order valence-corrected chi connectivity index (χ4v) is 4.01. The van der Waals surface area contributed by atoms with Gasteiger partial charge in [0.05, 0.1) is 6.42 Å². The van der Waals surface area contributed by atoms with Gasteiger partial charge in [-0.3, -0.25) is 4.79 Å². The first-order chi connectivity index (χ1) is 9.49. The predicted molar refractivity (Wildman–Crippen MR) is 82.2 cm³/mol. The molecule has 1 unspecified atom stereocenters. The summed E-state index contributed by atoms with van der Waals surface area (Å²) < 4.78 is 0. The van der Waals surface area contributed by atoms with Gasteiger partial charge in [-0.15, -0.1) is 0 Å². The van der Waals surface area contributed by atoms with E-state index in [1.807, 2.05) is 0 Å². The molecule has 20 heavy (non-hydrogen) atoms. The van der Waals surface area contributed by atoms with Crippen LogP contribution >= 0.6 is 0 Å². The fourth-order valence-electron chi connectivity index (χ4n) is 4.01. The first kappa shape index (κ1) is 15.1. The van der Waals surface area contributed by atoms with Crippen LogP contribution in [0.15, 0.2) is 12.1 Å². The topological polar surface area (TPSA) is 37.3 Å². The van der Waals surface area contributed by atoms with Crippen molar-refractivity contribution < 1.29 is 9.90 Å². The smallest absolute Gasteiger partial charge is 0.303 e. The van der Waals surface area contributed by atoms with Gasteiger partial charge in [0.1, 0.15) is 0 Å². The van der Waals surface area contributed by atoms with Crippen LogP contribution < -0.4 is 0 Å². The molecule has 0 aliphatic heterocycles. The SMILES string of the molecule is Cc1cc(C)c(C(CC(=O)O)C2CCCCC2)c(C)c1. The number of aryl methyl sites for hydroxylation is 3. The molecule has 1 aliphatic rings. The second-order valence-corrected chi connectivity index (χ2v) is 6.41. The van der Waals surface area contributed by atoms with Gasteiger partial charge in [-0.25, -0.2) is 0 Å². The molecule has 0 radical (unpaired) electrons. The molecule has 1 aromatic carbocycles. The van der Waals surface area contributed by atoms with Crippen molar-refractivity contribution in [2.24, 2.45) is 5.92 Å². The molecule has 0 heterocycles. The van der Waals surface area contributed by atoms with Crippen molar-refractivity contribution in [3.63, 3.8) is 0 Å². The quantitative estimate of drug-likeness (QED) is 0.860. The van der Waals surface area contributed by atoms with Crippen LogP contribution in [0, 0.1) is 26.7 Å². The predicted octanol–water partition coefficient (Wildman–Crippen LogP) is 4.75. The highest BCUT2D eigenvalue weighted by Gasteiger charge is 2.29. The summed E-state index contributed by atoms with van der Waals surface area (Å²) in [5.74, 6) is 0.0632. The Balaban J connectivity index is 2.37. The highest BCUT2D eigenvalue weighted by molar-refractivity contribution is 5.68. The first-order valence-electron chi connectivity index (χ1n) is 7.78. The average Bonchev–Trinajstić information content (AvgIpc) is 2.37. The minimum absolute atomic E-state index is 0.188. The second kappa shape index (κ2) is 6.43. The Morgan fingerprint density at radius 2 is 1.70 bits per heavy atom. The van der Waals surface area contributed by atoms with Gasteiger partial charge >= 0.3 is 5.97 Å². The zero-order valence-corrected chi connectivity index (χ0v) is 12.9. The number of rotatable bonds is 4. The maximum absolute atomic E-state index is 11.3. The van der Waals surface area contributed by atoms with Gasteiger partial charge in [-0.2, -0.15) is 0 Å². The molecule has 0 aromatic heterocycles. The van der Waals surface area contributed by atoms with Crippen LogP contribution in [0.5, 0.6) is 0 Å². The molecule has 2 nitrogen and oxygen atoms in total. The lowest BCUT2D eigenvalue weighted by molar-refractivity contribution is -0.137. The van der Waals surface area contributed by atoms with E-state index >= 15 is 0 Å². The maximum atomic E-state index is 11.3. The molecule has 0 bridgehead atoms. The lowest BCUT2D eigenvalue weighted by atomic mass is 9.73. The molecule has 1 fully saturated rings. The van der Waals surface area contributed by atoms with Crippen LogP contribution in [0.3, 0.4) is 0 Å². The van der Waals surface area contributed by atoms with Crippen molar-refractivity contribution in [1.29, 1.82) is 0 Å². The van der Waals surface area contributed by atoms with Crippen LogP contribution in [-0.4, -0.2) is 11.1 Å². The van der Waals surface area contributed by atoms with Gasteiger partial charge in [0, 0.05) is 0 Å². The highest BCUT2D eigenvalue weighted by Crippen LogP contribution is 2.40. The lowest BCUT2D eigenvalue weighted by Gasteiger charge is -2.32. The van der Waals surface area contributed by atoms with E-state index in [1.165, 1.54) is 54.4 Å². The molecular weight excluding hydrogens is 248 g/mol. The summed E-state index contributed by atoms with van der Waals surface area (Å²) >= 11 is 0. The Hall–Kier alpha value is -1.31. The third-order valence-electron chi connectivity index (χ3n) is 4.72. The molecular formula is C18H26O2. The average molecular weight is 274 g/mol. The molecule has 2 rings (SSSR count). The molecule has 0 amide bonds. The third kappa shape index (κ3) is 3.41. The summed E-state index contributed by atoms with van der Waals surface area (Å²) in [5.41, 5.74) is 5.09. The van der Waals surface area contributed by atoms with E-state index in [0.717, 1.165) is 0 Å². The van der Waals surface area contributed by atoms with E-state index in [9.17, 15) is 9.90 Å². The molecule has 1 saturated carbocycles. The van der Waals surface area contributed by atoms with Crippen LogP contribution in [0.1, 0.15) is 66.7 Å². The summed E-state index contributed by atoms with van der Waals surface area (Å²) in [7, 11) is 0. The Bertz CT molecular complexity index is 461. The van der Waals surface area contributed by atoms with E-state index in [0.29, 0.717) is 5.92 Å². The Morgan fingerprint density at radius 3 is 2.20 bits per heavy atom. The molecule has 1 atom stereocenters. The summed E-state index contributed by atoms with van der Waals surface area (Å²) in [6.45, 7) is 6.37. The molecule has 1 aromatic rings. The molecule has 2 heteroatoms. The van der Waals surface area contributed by atoms with Crippen molar-refractivity contribution in [2.75, 3.05) is 0 Å². The normalized spacial score (nSPS) is 17.9. The molecule has 0 saturated heterocycles. The van der Waals surface area contributed by atoms with Gasteiger partial charge in [-0.05, 0) is 62.1 Å². The van der Waals surface area contributed by atoms with Crippen LogP contribution in [-0.2, 0) is 4.79 Å². The van der Waals surface area contributed by atoms with Crippen molar-refractivity contribution in [3.05, 3.63) is 34.4 Å². The van der Waals surface area contributed by atoms with E-state index in [2.05, 4.69) is 32.9 Å². The summed E-state index contributed by atoms with van der Waals surface area (Å²) in [6, 6.07) is 4.39. The molecule has 1 aliphatic carbocycles. The minimum atomic E-state index is -0.667. The zero-order chi connectivity index (χ0) is 14.7. The molecule has 110 valence electrons. The number of hydrogen-bond donors (Lipinski definition) is 1. The zero-order valence-electron chi connectivity index (χ0n) is 12.9. The van der Waals surface area contributed by atoms with Gasteiger partial charge < -0.3 is 5.11 Å². The van der Waals surface area contributed by atoms with E-state index in [4.69, 9.17) is 0 Å². The van der Waals surface area contributed by atoms with E-state index < -0.39 is 5.97 Å². The number of carboxylic acids is 1. The number of aliphatic carboxylic acids is 1. The lowest BCUT2D eigenvalue weighted by Crippen LogP contribution is -2.21. The molecule has 0 spiro atoms. The number of benzene rings is 1. The fraction of sp³-hybridized carbons (Fsp3) is 0.611. The second-order valence-electron chi connectivity index (χ2n) is 6.41. The Labute approximate surface area is 122 Å². The van der Waals surface area contributed by atoms with Gasteiger partial charge in [0.2, 0.25) is 0 Å². The Kier molecular flexibility index (Phi) is 4.85. The van der Waals surface area contributed by atoms with Crippen LogP contribution in [0.25, 0.3) is 0 Å². The van der Waals surface area contributed by atoms with Crippen molar-refractivity contribution in [2.45, 2.75) is 65.2 Å². The maximum Gasteiger partial charge on any atom is 0.303 e. The summed E-state index contributed by atoms with van der Waals surface area (Å²) in [6.07, 6.45) is 6.46. The van der Waals surface area contributed by atoms with Crippen LogP contribution in [0.2, 0.25) is 0 Å². The number of hydrogen-bond acceptors (Lipinski definition) is 1. The largest absolute Gasteiger partial charge is 0.481 e. The van der Waals surface area contributed by atoms with Crippen molar-refractivity contribution in [1.82, 2.24) is 0 Å². The summed E-state index contributed by atoms with van der Waals surface area (Å²) in [5, 5.41) is 9.31. The monoisotopic (exact) mass is 274 g/mol. The first-order valence-corrected chi connectivity index (χ1v) is 7.78. The van der Waals surface area contributed by atoms with Gasteiger partial charge in [-0.1, -0.05) is 37.0 Å². The van der Waals surface area contributed by atoms with E-state index in [-0.39, 0.29) is 12.3 Å². The van der Waals surface area contributed by atoms with Crippen molar-refractivity contribution >= 4 is 5.97 Å². The third-order valence-corrected chi connectivity index (χ3v) is 4.72. The Morgan fingerprint density at radius 1 is 1.15 bits per heavy atom. The highest BCUT2D eigenvalue weighted by atomic mass is 16.4. The number of carboxylic acid groups (broad SMARTS) is 1. The molecule has 1 N–H and O–H groups in total. The minimum Gasteiger partial charge on any atom is -0.481 e. The van der Waals surface area contributed by atoms with E-state index in [1.54, 1.807) is 0 Å².